The van der Waals surface area contributed by atoms with Crippen molar-refractivity contribution in [2.24, 2.45) is 0 Å². The van der Waals surface area contributed by atoms with E-state index < -0.39 is 0 Å². The second kappa shape index (κ2) is 6.60. The SMILES string of the molecule is CN(Cc1ccccc1Br)c1cc(CCl)c(Cl)cn1. The highest BCUT2D eigenvalue weighted by Gasteiger charge is 2.08. The molecule has 0 bridgehead atoms. The summed E-state index contributed by atoms with van der Waals surface area (Å²) >= 11 is 15.4. The number of nitrogens with zero attached hydrogens (tertiary/aromatic N) is 2. The monoisotopic (exact) mass is 358 g/mol. The first-order valence-electron chi connectivity index (χ1n) is 5.76. The first-order valence-corrected chi connectivity index (χ1v) is 7.47. The zero-order chi connectivity index (χ0) is 13.8. The van der Waals surface area contributed by atoms with Gasteiger partial charge in [0, 0.05) is 30.1 Å². The normalized spacial score (nSPS) is 10.5. The minimum Gasteiger partial charge on any atom is -0.355 e. The van der Waals surface area contributed by atoms with Crippen molar-refractivity contribution in [3.8, 4) is 0 Å². The third-order valence-corrected chi connectivity index (χ3v) is 4.22. The summed E-state index contributed by atoms with van der Waals surface area (Å²) in [5.74, 6) is 1.24. The van der Waals surface area contributed by atoms with Crippen LogP contribution in [0.4, 0.5) is 5.82 Å². The van der Waals surface area contributed by atoms with E-state index in [2.05, 4.69) is 31.9 Å². The maximum absolute atomic E-state index is 6.01. The second-order valence-corrected chi connectivity index (χ2v) is 5.74. The van der Waals surface area contributed by atoms with E-state index in [-0.39, 0.29) is 0 Å². The molecule has 1 heterocycles. The highest BCUT2D eigenvalue weighted by atomic mass is 79.9. The molecule has 0 unspecified atom stereocenters. The van der Waals surface area contributed by atoms with Crippen molar-refractivity contribution in [1.82, 2.24) is 4.98 Å². The number of anilines is 1. The second-order valence-electron chi connectivity index (χ2n) is 4.22. The molecule has 2 nitrogen and oxygen atoms in total. The quantitative estimate of drug-likeness (QED) is 0.723. The van der Waals surface area contributed by atoms with Crippen molar-refractivity contribution in [2.75, 3.05) is 11.9 Å². The summed E-state index contributed by atoms with van der Waals surface area (Å²) in [7, 11) is 1.99. The summed E-state index contributed by atoms with van der Waals surface area (Å²) in [6.07, 6.45) is 1.64. The van der Waals surface area contributed by atoms with E-state index in [1.165, 1.54) is 5.56 Å². The highest BCUT2D eigenvalue weighted by molar-refractivity contribution is 9.10. The van der Waals surface area contributed by atoms with E-state index >= 15 is 0 Å². The molecule has 0 atom stereocenters. The predicted molar refractivity (Wildman–Crippen MR) is 85.1 cm³/mol. The van der Waals surface area contributed by atoms with Crippen LogP contribution in [0.25, 0.3) is 0 Å². The fourth-order valence-corrected chi connectivity index (χ4v) is 2.61. The van der Waals surface area contributed by atoms with Gasteiger partial charge in [-0.15, -0.1) is 11.6 Å². The van der Waals surface area contributed by atoms with E-state index in [0.717, 1.165) is 22.4 Å². The van der Waals surface area contributed by atoms with Gasteiger partial charge >= 0.3 is 0 Å². The maximum atomic E-state index is 6.01. The third kappa shape index (κ3) is 3.62. The molecule has 0 spiro atoms. The van der Waals surface area contributed by atoms with Gasteiger partial charge in [0.1, 0.15) is 5.82 Å². The number of benzene rings is 1. The van der Waals surface area contributed by atoms with Crippen LogP contribution in [0, 0.1) is 0 Å². The lowest BCUT2D eigenvalue weighted by atomic mass is 10.2. The van der Waals surface area contributed by atoms with Crippen molar-refractivity contribution in [1.29, 1.82) is 0 Å². The zero-order valence-corrected chi connectivity index (χ0v) is 13.5. The van der Waals surface area contributed by atoms with Gasteiger partial charge in [0.05, 0.1) is 5.02 Å². The fraction of sp³-hybridized carbons (Fsp3) is 0.214. The molecule has 0 fully saturated rings. The smallest absolute Gasteiger partial charge is 0.128 e. The van der Waals surface area contributed by atoms with Crippen molar-refractivity contribution in [2.45, 2.75) is 12.4 Å². The van der Waals surface area contributed by atoms with E-state index in [9.17, 15) is 0 Å². The lowest BCUT2D eigenvalue weighted by Gasteiger charge is -2.19. The van der Waals surface area contributed by atoms with Gasteiger partial charge in [-0.3, -0.25) is 0 Å². The molecular formula is C14H13BrCl2N2. The highest BCUT2D eigenvalue weighted by Crippen LogP contribution is 2.24. The van der Waals surface area contributed by atoms with Crippen LogP contribution in [0.5, 0.6) is 0 Å². The van der Waals surface area contributed by atoms with Crippen molar-refractivity contribution in [3.63, 3.8) is 0 Å². The van der Waals surface area contributed by atoms with Gasteiger partial charge in [-0.25, -0.2) is 4.98 Å². The van der Waals surface area contributed by atoms with Crippen LogP contribution in [-0.2, 0) is 12.4 Å². The Morgan fingerprint density at radius 3 is 2.68 bits per heavy atom. The maximum Gasteiger partial charge on any atom is 0.128 e. The number of hydrogen-bond donors (Lipinski definition) is 0. The number of halogens is 3. The topological polar surface area (TPSA) is 16.1 Å². The lowest BCUT2D eigenvalue weighted by Crippen LogP contribution is -2.18. The predicted octanol–water partition coefficient (Wildman–Crippen LogP) is 4.87. The van der Waals surface area contributed by atoms with Gasteiger partial charge in [0.15, 0.2) is 0 Å². The average Bonchev–Trinajstić information content (AvgIpc) is 2.42. The van der Waals surface area contributed by atoms with Crippen molar-refractivity contribution < 1.29 is 0 Å². The van der Waals surface area contributed by atoms with Gasteiger partial charge in [-0.05, 0) is 23.3 Å². The summed E-state index contributed by atoms with van der Waals surface area (Å²) in [6, 6.07) is 10.1. The molecule has 100 valence electrons. The Morgan fingerprint density at radius 2 is 2.00 bits per heavy atom. The van der Waals surface area contributed by atoms with Crippen LogP contribution in [0.3, 0.4) is 0 Å². The zero-order valence-electron chi connectivity index (χ0n) is 10.4. The molecule has 1 aromatic heterocycles. The van der Waals surface area contributed by atoms with Gasteiger partial charge in [-0.2, -0.15) is 0 Å². The number of pyridine rings is 1. The largest absolute Gasteiger partial charge is 0.355 e. The molecule has 2 aromatic rings. The molecule has 1 aromatic carbocycles. The van der Waals surface area contributed by atoms with E-state index in [0.29, 0.717) is 10.9 Å². The van der Waals surface area contributed by atoms with Gasteiger partial charge in [0.25, 0.3) is 0 Å². The molecule has 0 saturated heterocycles. The van der Waals surface area contributed by atoms with Crippen LogP contribution in [0.15, 0.2) is 41.0 Å². The van der Waals surface area contributed by atoms with Crippen LogP contribution in [0.2, 0.25) is 5.02 Å². The number of aromatic nitrogens is 1. The molecule has 0 radical (unpaired) electrons. The Bertz CT molecular complexity index is 575. The minimum atomic E-state index is 0.386. The standard InChI is InChI=1S/C14H13BrCl2N2/c1-19(9-10-4-2-3-5-12(10)15)14-6-11(7-16)13(17)8-18-14/h2-6,8H,7,9H2,1H3. The molecule has 0 aliphatic heterocycles. The number of rotatable bonds is 4. The Labute approximate surface area is 131 Å². The Morgan fingerprint density at radius 1 is 1.26 bits per heavy atom. The molecule has 5 heteroatoms. The van der Waals surface area contributed by atoms with E-state index in [1.807, 2.05) is 31.3 Å². The molecule has 0 aliphatic rings. The molecule has 19 heavy (non-hydrogen) atoms. The fourth-order valence-electron chi connectivity index (χ4n) is 1.74. The molecule has 2 rings (SSSR count). The first kappa shape index (κ1) is 14.6. The van der Waals surface area contributed by atoms with Gasteiger partial charge in [-0.1, -0.05) is 45.7 Å². The minimum absolute atomic E-state index is 0.386. The third-order valence-electron chi connectivity index (χ3n) is 2.82. The van der Waals surface area contributed by atoms with E-state index in [4.69, 9.17) is 23.2 Å². The summed E-state index contributed by atoms with van der Waals surface area (Å²) in [4.78, 5) is 6.39. The van der Waals surface area contributed by atoms with Crippen molar-refractivity contribution in [3.05, 3.63) is 57.2 Å². The van der Waals surface area contributed by atoms with Crippen LogP contribution in [-0.4, -0.2) is 12.0 Å². The Kier molecular flexibility index (Phi) is 5.08. The summed E-state index contributed by atoms with van der Waals surface area (Å²) < 4.78 is 1.09. The van der Waals surface area contributed by atoms with Crippen LogP contribution >= 0.6 is 39.1 Å². The summed E-state index contributed by atoms with van der Waals surface area (Å²) in [6.45, 7) is 0.762. The molecule has 0 amide bonds. The lowest BCUT2D eigenvalue weighted by molar-refractivity contribution is 0.892. The Hall–Kier alpha value is -0.770. The first-order chi connectivity index (χ1) is 9.11. The van der Waals surface area contributed by atoms with E-state index in [1.54, 1.807) is 6.20 Å². The van der Waals surface area contributed by atoms with Crippen LogP contribution in [0.1, 0.15) is 11.1 Å². The number of alkyl halides is 1. The summed E-state index contributed by atoms with van der Waals surface area (Å²) in [5, 5.41) is 0.605. The molecule has 0 aliphatic carbocycles. The summed E-state index contributed by atoms with van der Waals surface area (Å²) in [5.41, 5.74) is 2.10. The molecule has 0 N–H and O–H groups in total. The molecule has 0 saturated carbocycles. The van der Waals surface area contributed by atoms with Gasteiger partial charge in [0.2, 0.25) is 0 Å². The molecular weight excluding hydrogens is 347 g/mol. The van der Waals surface area contributed by atoms with Crippen LogP contribution < -0.4 is 4.90 Å². The number of hydrogen-bond acceptors (Lipinski definition) is 2. The Balaban J connectivity index is 2.20. The van der Waals surface area contributed by atoms with Gasteiger partial charge < -0.3 is 4.90 Å². The average molecular weight is 360 g/mol. The van der Waals surface area contributed by atoms with Crippen molar-refractivity contribution >= 4 is 44.9 Å².